The first kappa shape index (κ1) is 18.7. The van der Waals surface area contributed by atoms with Crippen LogP contribution in [0.3, 0.4) is 0 Å². The Morgan fingerprint density at radius 1 is 1.36 bits per heavy atom. The minimum absolute atomic E-state index is 0.0359. The van der Waals surface area contributed by atoms with Crippen molar-refractivity contribution >= 4 is 17.5 Å². The topological polar surface area (TPSA) is 73.0 Å². The molecule has 1 saturated carbocycles. The molecule has 0 radical (unpaired) electrons. The van der Waals surface area contributed by atoms with Crippen LogP contribution in [-0.4, -0.2) is 20.6 Å². The lowest BCUT2D eigenvalue weighted by Crippen LogP contribution is -2.27. The van der Waals surface area contributed by atoms with Crippen molar-refractivity contribution in [3.63, 3.8) is 0 Å². The Hall–Kier alpha value is -2.67. The second-order valence-corrected chi connectivity index (χ2v) is 7.57. The maximum Gasteiger partial charge on any atom is 0.274 e. The first-order chi connectivity index (χ1) is 13.4. The number of halogens is 2. The first-order valence-corrected chi connectivity index (χ1v) is 9.51. The van der Waals surface area contributed by atoms with Crippen LogP contribution in [0.25, 0.3) is 11.6 Å². The summed E-state index contributed by atoms with van der Waals surface area (Å²) in [5, 5.41) is 6.94. The van der Waals surface area contributed by atoms with Crippen molar-refractivity contribution in [1.82, 2.24) is 20.0 Å². The summed E-state index contributed by atoms with van der Waals surface area (Å²) in [5.74, 6) is 0.906. The predicted molar refractivity (Wildman–Crippen MR) is 102 cm³/mol. The number of nitrogens with zero attached hydrogens (tertiary/aromatic N) is 3. The van der Waals surface area contributed by atoms with Crippen molar-refractivity contribution in [2.24, 2.45) is 0 Å². The van der Waals surface area contributed by atoms with Gasteiger partial charge in [0, 0.05) is 18.2 Å². The molecule has 1 aliphatic carbocycles. The molecule has 146 valence electrons. The fraction of sp³-hybridized carbons (Fsp3) is 0.350. The predicted octanol–water partition coefficient (Wildman–Crippen LogP) is 4.14. The number of carbonyl (C=O) groups is 1. The highest BCUT2D eigenvalue weighted by Gasteiger charge is 2.30. The highest BCUT2D eigenvalue weighted by Crippen LogP contribution is 2.39. The molecule has 0 spiro atoms. The third kappa shape index (κ3) is 3.80. The van der Waals surface area contributed by atoms with Gasteiger partial charge in [0.1, 0.15) is 18.1 Å². The van der Waals surface area contributed by atoms with Gasteiger partial charge in [-0.2, -0.15) is 4.98 Å². The summed E-state index contributed by atoms with van der Waals surface area (Å²) in [7, 11) is 0. The van der Waals surface area contributed by atoms with E-state index in [4.69, 9.17) is 16.1 Å². The van der Waals surface area contributed by atoms with Gasteiger partial charge in [-0.05, 0) is 56.0 Å². The molecule has 0 bridgehead atoms. The van der Waals surface area contributed by atoms with Crippen molar-refractivity contribution in [3.8, 4) is 11.6 Å². The van der Waals surface area contributed by atoms with Gasteiger partial charge in [0.05, 0.1) is 5.02 Å². The number of benzene rings is 1. The van der Waals surface area contributed by atoms with Crippen LogP contribution < -0.4 is 5.32 Å². The van der Waals surface area contributed by atoms with Gasteiger partial charge in [-0.1, -0.05) is 22.8 Å². The van der Waals surface area contributed by atoms with E-state index in [2.05, 4.69) is 15.5 Å². The Labute approximate surface area is 166 Å². The van der Waals surface area contributed by atoms with Gasteiger partial charge >= 0.3 is 0 Å². The number of amides is 1. The molecule has 8 heteroatoms. The van der Waals surface area contributed by atoms with E-state index in [9.17, 15) is 9.18 Å². The van der Waals surface area contributed by atoms with Crippen LogP contribution >= 0.6 is 11.6 Å². The van der Waals surface area contributed by atoms with E-state index in [-0.39, 0.29) is 24.0 Å². The average molecular weight is 403 g/mol. The highest BCUT2D eigenvalue weighted by molar-refractivity contribution is 6.30. The second kappa shape index (κ2) is 7.39. The van der Waals surface area contributed by atoms with Crippen LogP contribution in [0.2, 0.25) is 5.02 Å². The molecule has 1 aromatic carbocycles. The number of rotatable bonds is 6. The van der Waals surface area contributed by atoms with Gasteiger partial charge in [0.15, 0.2) is 5.82 Å². The van der Waals surface area contributed by atoms with Crippen molar-refractivity contribution < 1.29 is 13.7 Å². The largest absolute Gasteiger partial charge is 0.350 e. The lowest BCUT2D eigenvalue weighted by molar-refractivity contribution is -0.121. The number of hydrogen-bond donors (Lipinski definition) is 1. The minimum Gasteiger partial charge on any atom is -0.350 e. The van der Waals surface area contributed by atoms with Gasteiger partial charge in [0.25, 0.3) is 5.89 Å². The number of carbonyl (C=O) groups excluding carboxylic acids is 1. The van der Waals surface area contributed by atoms with Crippen LogP contribution in [0.1, 0.15) is 41.4 Å². The second-order valence-electron chi connectivity index (χ2n) is 7.16. The maximum absolute atomic E-state index is 13.3. The number of aromatic nitrogens is 3. The lowest BCUT2D eigenvalue weighted by atomic mass is 10.2. The molecular formula is C20H20ClFN4O2. The summed E-state index contributed by atoms with van der Waals surface area (Å²) in [5.41, 5.74) is 3.39. The van der Waals surface area contributed by atoms with E-state index in [1.54, 1.807) is 6.07 Å². The summed E-state index contributed by atoms with van der Waals surface area (Å²) in [4.78, 5) is 17.0. The zero-order valence-electron chi connectivity index (χ0n) is 15.6. The molecule has 1 fully saturated rings. The molecule has 1 aliphatic rings. The summed E-state index contributed by atoms with van der Waals surface area (Å²) in [6.45, 7) is 4.27. The smallest absolute Gasteiger partial charge is 0.274 e. The van der Waals surface area contributed by atoms with Crippen molar-refractivity contribution in [2.75, 3.05) is 0 Å². The van der Waals surface area contributed by atoms with Crippen LogP contribution in [0.15, 0.2) is 28.8 Å². The molecule has 3 aromatic rings. The molecule has 2 aromatic heterocycles. The Morgan fingerprint density at radius 3 is 2.86 bits per heavy atom. The van der Waals surface area contributed by atoms with E-state index in [1.807, 2.05) is 24.5 Å². The van der Waals surface area contributed by atoms with Gasteiger partial charge in [-0.25, -0.2) is 4.39 Å². The van der Waals surface area contributed by atoms with Crippen molar-refractivity contribution in [1.29, 1.82) is 0 Å². The molecule has 0 unspecified atom stereocenters. The summed E-state index contributed by atoms with van der Waals surface area (Å²) < 4.78 is 20.6. The molecule has 6 nitrogen and oxygen atoms in total. The van der Waals surface area contributed by atoms with E-state index < -0.39 is 5.82 Å². The van der Waals surface area contributed by atoms with Crippen LogP contribution in [-0.2, 0) is 17.9 Å². The summed E-state index contributed by atoms with van der Waals surface area (Å²) >= 11 is 5.78. The third-order valence-electron chi connectivity index (χ3n) is 4.86. The van der Waals surface area contributed by atoms with Gasteiger partial charge in [-0.15, -0.1) is 0 Å². The van der Waals surface area contributed by atoms with Crippen LogP contribution in [0, 0.1) is 19.7 Å². The fourth-order valence-electron chi connectivity index (χ4n) is 3.22. The number of aryl methyl sites for hydroxylation is 2. The lowest BCUT2D eigenvalue weighted by Gasteiger charge is -2.11. The SMILES string of the molecule is Cc1cc(C)n(CC(=O)NCc2ccc(F)c(Cl)c2)c1-c1nc(C2CC2)no1. The van der Waals surface area contributed by atoms with Crippen LogP contribution in [0.4, 0.5) is 4.39 Å². The van der Waals surface area contributed by atoms with Crippen LogP contribution in [0.5, 0.6) is 0 Å². The van der Waals surface area contributed by atoms with Crippen molar-refractivity contribution in [3.05, 3.63) is 57.8 Å². The average Bonchev–Trinajstić information content (AvgIpc) is 3.33. The van der Waals surface area contributed by atoms with Gasteiger partial charge in [-0.3, -0.25) is 4.79 Å². The third-order valence-corrected chi connectivity index (χ3v) is 5.15. The molecule has 2 heterocycles. The minimum atomic E-state index is -0.482. The fourth-order valence-corrected chi connectivity index (χ4v) is 3.43. The first-order valence-electron chi connectivity index (χ1n) is 9.13. The Kier molecular flexibility index (Phi) is 4.93. The molecular weight excluding hydrogens is 383 g/mol. The van der Waals surface area contributed by atoms with Gasteiger partial charge in [0.2, 0.25) is 5.91 Å². The molecule has 1 amide bonds. The molecule has 4 rings (SSSR count). The zero-order chi connectivity index (χ0) is 19.8. The summed E-state index contributed by atoms with van der Waals surface area (Å²) in [6, 6.07) is 6.37. The normalized spacial score (nSPS) is 13.7. The van der Waals surface area contributed by atoms with Gasteiger partial charge < -0.3 is 14.4 Å². The molecule has 0 atom stereocenters. The molecule has 1 N–H and O–H groups in total. The molecule has 28 heavy (non-hydrogen) atoms. The molecule has 0 saturated heterocycles. The zero-order valence-corrected chi connectivity index (χ0v) is 16.4. The Balaban J connectivity index is 1.49. The highest BCUT2D eigenvalue weighted by atomic mass is 35.5. The Bertz CT molecular complexity index is 1040. The standard InChI is InChI=1S/C20H20ClFN4O2/c1-11-7-12(2)26(18(11)20-24-19(25-28-20)14-4-5-14)10-17(27)23-9-13-3-6-16(22)15(21)8-13/h3,6-8,14H,4-5,9-10H2,1-2H3,(H,23,27). The summed E-state index contributed by atoms with van der Waals surface area (Å²) in [6.07, 6.45) is 2.18. The maximum atomic E-state index is 13.3. The van der Waals surface area contributed by atoms with E-state index in [1.165, 1.54) is 12.1 Å². The van der Waals surface area contributed by atoms with E-state index >= 15 is 0 Å². The van der Waals surface area contributed by atoms with E-state index in [0.717, 1.165) is 41.2 Å². The number of nitrogens with one attached hydrogen (secondary N) is 1. The van der Waals surface area contributed by atoms with E-state index in [0.29, 0.717) is 11.8 Å². The quantitative estimate of drug-likeness (QED) is 0.672. The van der Waals surface area contributed by atoms with Crippen molar-refractivity contribution in [2.45, 2.75) is 45.7 Å². The Morgan fingerprint density at radius 2 is 2.14 bits per heavy atom. The monoisotopic (exact) mass is 402 g/mol. The number of hydrogen-bond acceptors (Lipinski definition) is 4. The molecule has 0 aliphatic heterocycles.